The molecule has 0 aliphatic heterocycles. The van der Waals surface area contributed by atoms with Gasteiger partial charge in [-0.1, -0.05) is 6.42 Å². The molecule has 1 aromatic heterocycles. The quantitative estimate of drug-likeness (QED) is 0.392. The van der Waals surface area contributed by atoms with E-state index in [9.17, 15) is 0 Å². The van der Waals surface area contributed by atoms with Crippen LogP contribution in [0.15, 0.2) is 15.5 Å². The van der Waals surface area contributed by atoms with Gasteiger partial charge in [-0.2, -0.15) is 0 Å². The molecule has 0 radical (unpaired) electrons. The average Bonchev–Trinajstić information content (AvgIpc) is 2.78. The summed E-state index contributed by atoms with van der Waals surface area (Å²) >= 11 is 0. The molecule has 1 fully saturated rings. The third-order valence-corrected chi connectivity index (χ3v) is 4.70. The smallest absolute Gasteiger partial charge is 0.191 e. The highest BCUT2D eigenvalue weighted by molar-refractivity contribution is 14.0. The van der Waals surface area contributed by atoms with Gasteiger partial charge < -0.3 is 19.8 Å². The Morgan fingerprint density at radius 2 is 2.09 bits per heavy atom. The standard InChI is InChI=1S/C17H29N3O2.HI/c1-13-10-15(14(2)22-13)11-19-16(18-3)20-12-17(6-5-7-17)8-9-21-4;/h10H,5-9,11-12H2,1-4H3,(H2,18,19,20);1H. The molecule has 0 bridgehead atoms. The van der Waals surface area contributed by atoms with Crippen LogP contribution in [-0.2, 0) is 11.3 Å². The normalized spacial score (nSPS) is 16.4. The van der Waals surface area contributed by atoms with E-state index in [4.69, 9.17) is 9.15 Å². The van der Waals surface area contributed by atoms with Gasteiger partial charge in [0.25, 0.3) is 0 Å². The lowest BCUT2D eigenvalue weighted by Crippen LogP contribution is -2.46. The van der Waals surface area contributed by atoms with Gasteiger partial charge in [0.1, 0.15) is 11.5 Å². The van der Waals surface area contributed by atoms with Crippen LogP contribution in [0.4, 0.5) is 0 Å². The molecule has 0 amide bonds. The number of halogens is 1. The molecule has 0 spiro atoms. The van der Waals surface area contributed by atoms with Gasteiger partial charge in [0, 0.05) is 39.4 Å². The first kappa shape index (κ1) is 20.3. The second kappa shape index (κ2) is 9.52. The molecule has 0 unspecified atom stereocenters. The lowest BCUT2D eigenvalue weighted by molar-refractivity contribution is 0.0732. The van der Waals surface area contributed by atoms with Crippen molar-refractivity contribution in [3.8, 4) is 0 Å². The fraction of sp³-hybridized carbons (Fsp3) is 0.706. The highest BCUT2D eigenvalue weighted by Crippen LogP contribution is 2.43. The van der Waals surface area contributed by atoms with Crippen LogP contribution in [0.2, 0.25) is 0 Å². The van der Waals surface area contributed by atoms with Crippen molar-refractivity contribution in [3.63, 3.8) is 0 Å². The van der Waals surface area contributed by atoms with Crippen LogP contribution in [0.5, 0.6) is 0 Å². The lowest BCUT2D eigenvalue weighted by atomic mass is 9.67. The molecule has 1 aliphatic rings. The minimum absolute atomic E-state index is 0. The number of hydrogen-bond acceptors (Lipinski definition) is 3. The van der Waals surface area contributed by atoms with Crippen molar-refractivity contribution in [2.45, 2.75) is 46.1 Å². The fourth-order valence-electron chi connectivity index (χ4n) is 3.04. The van der Waals surface area contributed by atoms with E-state index < -0.39 is 0 Å². The van der Waals surface area contributed by atoms with Crippen LogP contribution in [0.1, 0.15) is 42.8 Å². The number of hydrogen-bond donors (Lipinski definition) is 2. The molecule has 2 N–H and O–H groups in total. The Bertz CT molecular complexity index is 510. The predicted octanol–water partition coefficient (Wildman–Crippen LogP) is 3.39. The Kier molecular flexibility index (Phi) is 8.39. The molecule has 0 saturated heterocycles. The van der Waals surface area contributed by atoms with Gasteiger partial charge in [-0.3, -0.25) is 4.99 Å². The van der Waals surface area contributed by atoms with E-state index in [0.29, 0.717) is 5.41 Å². The molecule has 1 saturated carbocycles. The molecular formula is C17H30IN3O2. The Morgan fingerprint density at radius 1 is 1.35 bits per heavy atom. The minimum atomic E-state index is 0. The lowest BCUT2D eigenvalue weighted by Gasteiger charge is -2.42. The zero-order valence-corrected chi connectivity index (χ0v) is 17.0. The Balaban J connectivity index is 0.00000264. The van der Waals surface area contributed by atoms with E-state index in [0.717, 1.165) is 43.6 Å². The number of furan rings is 1. The molecule has 23 heavy (non-hydrogen) atoms. The van der Waals surface area contributed by atoms with Crippen LogP contribution in [0, 0.1) is 19.3 Å². The van der Waals surface area contributed by atoms with Gasteiger partial charge in [-0.05, 0) is 44.6 Å². The van der Waals surface area contributed by atoms with Crippen molar-refractivity contribution in [2.75, 3.05) is 27.3 Å². The predicted molar refractivity (Wildman–Crippen MR) is 105 cm³/mol. The second-order valence-electron chi connectivity index (χ2n) is 6.31. The van der Waals surface area contributed by atoms with E-state index in [1.165, 1.54) is 24.8 Å². The molecule has 5 nitrogen and oxygen atoms in total. The van der Waals surface area contributed by atoms with Crippen LogP contribution in [0.25, 0.3) is 0 Å². The van der Waals surface area contributed by atoms with Gasteiger partial charge in [0.05, 0.1) is 0 Å². The number of guanidine groups is 1. The van der Waals surface area contributed by atoms with Gasteiger partial charge >= 0.3 is 0 Å². The molecular weight excluding hydrogens is 405 g/mol. The summed E-state index contributed by atoms with van der Waals surface area (Å²) in [5.74, 6) is 2.77. The maximum Gasteiger partial charge on any atom is 0.191 e. The SMILES string of the molecule is CN=C(NCc1cc(C)oc1C)NCC1(CCOC)CCC1.I. The first-order chi connectivity index (χ1) is 10.6. The van der Waals surface area contributed by atoms with Crippen molar-refractivity contribution in [1.29, 1.82) is 0 Å². The summed E-state index contributed by atoms with van der Waals surface area (Å²) < 4.78 is 10.8. The van der Waals surface area contributed by atoms with Crippen molar-refractivity contribution >= 4 is 29.9 Å². The average molecular weight is 435 g/mol. The van der Waals surface area contributed by atoms with Crippen molar-refractivity contribution in [1.82, 2.24) is 10.6 Å². The molecule has 2 rings (SSSR count). The van der Waals surface area contributed by atoms with Crippen LogP contribution in [0.3, 0.4) is 0 Å². The summed E-state index contributed by atoms with van der Waals surface area (Å²) in [5, 5.41) is 6.83. The molecule has 0 aromatic carbocycles. The number of methoxy groups -OCH3 is 1. The maximum absolute atomic E-state index is 5.55. The van der Waals surface area contributed by atoms with E-state index in [1.54, 1.807) is 7.11 Å². The summed E-state index contributed by atoms with van der Waals surface area (Å²) in [6.45, 7) is 6.49. The third kappa shape index (κ3) is 5.67. The second-order valence-corrected chi connectivity index (χ2v) is 6.31. The molecule has 1 aliphatic carbocycles. The number of aryl methyl sites for hydroxylation is 2. The Labute approximate surface area is 156 Å². The van der Waals surface area contributed by atoms with Gasteiger partial charge in [-0.25, -0.2) is 0 Å². The third-order valence-electron chi connectivity index (χ3n) is 4.70. The zero-order chi connectivity index (χ0) is 16.0. The first-order valence-electron chi connectivity index (χ1n) is 8.08. The van der Waals surface area contributed by atoms with E-state index in [1.807, 2.05) is 20.9 Å². The molecule has 0 atom stereocenters. The summed E-state index contributed by atoms with van der Waals surface area (Å²) in [6, 6.07) is 2.07. The molecule has 1 aromatic rings. The largest absolute Gasteiger partial charge is 0.466 e. The number of rotatable bonds is 7. The van der Waals surface area contributed by atoms with Crippen LogP contribution < -0.4 is 10.6 Å². The highest BCUT2D eigenvalue weighted by atomic mass is 127. The molecule has 132 valence electrons. The van der Waals surface area contributed by atoms with Crippen molar-refractivity contribution in [2.24, 2.45) is 10.4 Å². The number of nitrogens with one attached hydrogen (secondary N) is 2. The fourth-order valence-corrected chi connectivity index (χ4v) is 3.04. The number of aliphatic imine (C=N–C) groups is 1. The highest BCUT2D eigenvalue weighted by Gasteiger charge is 2.36. The number of nitrogens with zero attached hydrogens (tertiary/aromatic N) is 1. The van der Waals surface area contributed by atoms with E-state index in [-0.39, 0.29) is 24.0 Å². The summed E-state index contributed by atoms with van der Waals surface area (Å²) in [6.07, 6.45) is 5.00. The molecule has 1 heterocycles. The monoisotopic (exact) mass is 435 g/mol. The maximum atomic E-state index is 5.55. The van der Waals surface area contributed by atoms with Crippen molar-refractivity contribution < 1.29 is 9.15 Å². The zero-order valence-electron chi connectivity index (χ0n) is 14.7. The van der Waals surface area contributed by atoms with Gasteiger partial charge in [0.15, 0.2) is 5.96 Å². The van der Waals surface area contributed by atoms with E-state index >= 15 is 0 Å². The summed E-state index contributed by atoms with van der Waals surface area (Å²) in [4.78, 5) is 4.31. The summed E-state index contributed by atoms with van der Waals surface area (Å²) in [5.41, 5.74) is 1.56. The van der Waals surface area contributed by atoms with E-state index in [2.05, 4.69) is 21.7 Å². The Morgan fingerprint density at radius 3 is 2.57 bits per heavy atom. The minimum Gasteiger partial charge on any atom is -0.466 e. The van der Waals surface area contributed by atoms with Crippen LogP contribution in [-0.4, -0.2) is 33.3 Å². The topological polar surface area (TPSA) is 58.8 Å². The number of ether oxygens (including phenoxy) is 1. The Hall–Kier alpha value is -0.760. The van der Waals surface area contributed by atoms with Crippen LogP contribution >= 0.6 is 24.0 Å². The van der Waals surface area contributed by atoms with Gasteiger partial charge in [0.2, 0.25) is 0 Å². The van der Waals surface area contributed by atoms with Crippen molar-refractivity contribution in [3.05, 3.63) is 23.2 Å². The van der Waals surface area contributed by atoms with Gasteiger partial charge in [-0.15, -0.1) is 24.0 Å². The first-order valence-corrected chi connectivity index (χ1v) is 8.08. The summed E-state index contributed by atoms with van der Waals surface area (Å²) in [7, 11) is 3.58. The molecule has 6 heteroatoms.